The monoisotopic (exact) mass is 711 g/mol. The Kier molecular flexibility index (Phi) is 34.3. The molecule has 0 aliphatic rings. The average molecular weight is 712 g/mol. The summed E-state index contributed by atoms with van der Waals surface area (Å²) in [4.78, 5) is 34.7. The van der Waals surface area contributed by atoms with Crippen molar-refractivity contribution >= 4 is 19.8 Å². The molecule has 0 fully saturated rings. The Labute approximate surface area is 298 Å². The number of hydrogen-bond acceptors (Lipinski definition) is 8. The molecule has 0 bridgehead atoms. The molecule has 0 aromatic rings. The molecule has 9 nitrogen and oxygen atoms in total. The maximum atomic E-state index is 12.5. The van der Waals surface area contributed by atoms with E-state index in [1.54, 1.807) is 0 Å². The molecule has 0 radical (unpaired) electrons. The normalized spacial score (nSPS) is 14.0. The first-order valence-electron chi connectivity index (χ1n) is 19.1. The van der Waals surface area contributed by atoms with Crippen LogP contribution in [0.15, 0.2) is 48.6 Å². The fraction of sp³-hybridized carbons (Fsp3) is 0.744. The van der Waals surface area contributed by atoms with Gasteiger partial charge in [-0.25, -0.2) is 4.57 Å². The number of nitrogens with two attached hydrogens (primary N) is 1. The zero-order valence-corrected chi connectivity index (χ0v) is 31.8. The minimum absolute atomic E-state index is 0.0454. The zero-order valence-electron chi connectivity index (χ0n) is 30.9. The summed E-state index contributed by atoms with van der Waals surface area (Å²) in [5.74, 6) is -0.888. The second kappa shape index (κ2) is 35.8. The number of esters is 2. The van der Waals surface area contributed by atoms with Crippen LogP contribution >= 0.6 is 7.82 Å². The van der Waals surface area contributed by atoms with E-state index < -0.39 is 32.5 Å². The molecule has 0 aromatic carbocycles. The number of carbonyl (C=O) groups excluding carboxylic acids is 2. The van der Waals surface area contributed by atoms with Gasteiger partial charge in [0.1, 0.15) is 6.61 Å². The standard InChI is InChI=1S/C39H70NO8P/c1-3-5-7-9-11-13-15-17-18-20-21-23-25-27-29-31-38(41)45-35-37(36-47-49(43,44)46-34-33-40)48-39(42)32-30-28-26-24-22-19-16-14-12-10-8-6-4-2/h11,13-14,16-18,21,23,37H,3-10,12,15,19-20,22,24-36,40H2,1-2H3,(H,43,44). The summed E-state index contributed by atoms with van der Waals surface area (Å²) >= 11 is 0. The minimum atomic E-state index is -4.38. The van der Waals surface area contributed by atoms with Gasteiger partial charge in [-0.05, 0) is 77.0 Å². The highest BCUT2D eigenvalue weighted by Gasteiger charge is 2.25. The van der Waals surface area contributed by atoms with Crippen LogP contribution < -0.4 is 5.73 Å². The molecule has 2 atom stereocenters. The fourth-order valence-electron chi connectivity index (χ4n) is 4.81. The molecule has 0 amide bonds. The molecule has 2 unspecified atom stereocenters. The van der Waals surface area contributed by atoms with Gasteiger partial charge in [0.05, 0.1) is 13.2 Å². The van der Waals surface area contributed by atoms with Crippen molar-refractivity contribution in [1.29, 1.82) is 0 Å². The predicted octanol–water partition coefficient (Wildman–Crippen LogP) is 10.4. The van der Waals surface area contributed by atoms with Crippen LogP contribution in [0, 0.1) is 0 Å². The number of phosphoric acid groups is 1. The molecule has 0 saturated carbocycles. The van der Waals surface area contributed by atoms with Crippen molar-refractivity contribution in [2.24, 2.45) is 5.73 Å². The van der Waals surface area contributed by atoms with Gasteiger partial charge in [-0.15, -0.1) is 0 Å². The summed E-state index contributed by atoms with van der Waals surface area (Å²) in [6.07, 6.45) is 38.5. The SMILES string of the molecule is CCCCCC=CCC=CCC=CCCCCC(=O)OCC(COP(=O)(O)OCCN)OC(=O)CCCCCCCC=CCCCCCC. The van der Waals surface area contributed by atoms with Gasteiger partial charge in [0.25, 0.3) is 0 Å². The summed E-state index contributed by atoms with van der Waals surface area (Å²) in [7, 11) is -4.38. The lowest BCUT2D eigenvalue weighted by atomic mass is 10.1. The Morgan fingerprint density at radius 1 is 0.612 bits per heavy atom. The summed E-state index contributed by atoms with van der Waals surface area (Å²) in [6.45, 7) is 3.61. The lowest BCUT2D eigenvalue weighted by Gasteiger charge is -2.19. The van der Waals surface area contributed by atoms with Gasteiger partial charge >= 0.3 is 19.8 Å². The summed E-state index contributed by atoms with van der Waals surface area (Å²) in [5.41, 5.74) is 5.33. The van der Waals surface area contributed by atoms with Gasteiger partial charge in [0.2, 0.25) is 0 Å². The number of ether oxygens (including phenoxy) is 2. The molecule has 10 heteroatoms. The van der Waals surface area contributed by atoms with E-state index in [9.17, 15) is 19.0 Å². The quantitative estimate of drug-likeness (QED) is 0.0285. The molecule has 0 heterocycles. The van der Waals surface area contributed by atoms with E-state index in [1.807, 2.05) is 0 Å². The third-order valence-electron chi connectivity index (χ3n) is 7.69. The van der Waals surface area contributed by atoms with Crippen molar-refractivity contribution in [3.05, 3.63) is 48.6 Å². The van der Waals surface area contributed by atoms with Crippen molar-refractivity contribution < 1.29 is 37.6 Å². The van der Waals surface area contributed by atoms with E-state index >= 15 is 0 Å². The van der Waals surface area contributed by atoms with Gasteiger partial charge in [0.15, 0.2) is 6.10 Å². The Morgan fingerprint density at radius 2 is 1.06 bits per heavy atom. The maximum Gasteiger partial charge on any atom is 0.472 e. The largest absolute Gasteiger partial charge is 0.472 e. The van der Waals surface area contributed by atoms with Gasteiger partial charge in [-0.2, -0.15) is 0 Å². The van der Waals surface area contributed by atoms with E-state index in [0.29, 0.717) is 12.8 Å². The van der Waals surface area contributed by atoms with Crippen LogP contribution in [0.1, 0.15) is 155 Å². The molecule has 0 saturated heterocycles. The molecule has 0 aliphatic heterocycles. The van der Waals surface area contributed by atoms with Crippen LogP contribution in [0.4, 0.5) is 0 Å². The van der Waals surface area contributed by atoms with Crippen molar-refractivity contribution in [2.45, 2.75) is 161 Å². The molecule has 284 valence electrons. The van der Waals surface area contributed by atoms with Crippen LogP contribution in [-0.4, -0.2) is 49.3 Å². The molecule has 0 spiro atoms. The molecule has 0 aliphatic carbocycles. The van der Waals surface area contributed by atoms with Gasteiger partial charge in [-0.1, -0.05) is 114 Å². The van der Waals surface area contributed by atoms with Crippen molar-refractivity contribution in [2.75, 3.05) is 26.4 Å². The smallest absolute Gasteiger partial charge is 0.462 e. The Bertz CT molecular complexity index is 949. The van der Waals surface area contributed by atoms with E-state index in [1.165, 1.54) is 44.9 Å². The Hall–Kier alpha value is -2.03. The highest BCUT2D eigenvalue weighted by molar-refractivity contribution is 7.47. The average Bonchev–Trinajstić information content (AvgIpc) is 3.08. The number of hydrogen-bond donors (Lipinski definition) is 2. The molecule has 3 N–H and O–H groups in total. The van der Waals surface area contributed by atoms with Crippen LogP contribution in [0.3, 0.4) is 0 Å². The predicted molar refractivity (Wildman–Crippen MR) is 201 cm³/mol. The Balaban J connectivity index is 4.32. The Morgan fingerprint density at radius 3 is 1.67 bits per heavy atom. The fourth-order valence-corrected chi connectivity index (χ4v) is 5.57. The number of phosphoric ester groups is 1. The second-order valence-corrected chi connectivity index (χ2v) is 13.9. The van der Waals surface area contributed by atoms with Gasteiger partial charge in [0, 0.05) is 19.4 Å². The molecular weight excluding hydrogens is 641 g/mol. The van der Waals surface area contributed by atoms with Crippen molar-refractivity contribution in [3.63, 3.8) is 0 Å². The number of unbranched alkanes of at least 4 members (excludes halogenated alkanes) is 14. The number of carbonyl (C=O) groups is 2. The maximum absolute atomic E-state index is 12.5. The summed E-state index contributed by atoms with van der Waals surface area (Å²) in [5, 5.41) is 0. The van der Waals surface area contributed by atoms with Crippen LogP contribution in [0.25, 0.3) is 0 Å². The topological polar surface area (TPSA) is 134 Å². The van der Waals surface area contributed by atoms with E-state index in [-0.39, 0.29) is 32.6 Å². The summed E-state index contributed by atoms with van der Waals surface area (Å²) < 4.78 is 32.6. The number of allylic oxidation sites excluding steroid dienone is 8. The molecular formula is C39H70NO8P. The first-order chi connectivity index (χ1) is 23.8. The van der Waals surface area contributed by atoms with Crippen molar-refractivity contribution in [3.8, 4) is 0 Å². The third kappa shape index (κ3) is 35.6. The third-order valence-corrected chi connectivity index (χ3v) is 8.67. The van der Waals surface area contributed by atoms with Crippen LogP contribution in [0.5, 0.6) is 0 Å². The first-order valence-corrected chi connectivity index (χ1v) is 20.6. The van der Waals surface area contributed by atoms with E-state index in [2.05, 4.69) is 62.5 Å². The highest BCUT2D eigenvalue weighted by atomic mass is 31.2. The van der Waals surface area contributed by atoms with Crippen LogP contribution in [-0.2, 0) is 32.7 Å². The highest BCUT2D eigenvalue weighted by Crippen LogP contribution is 2.43. The summed E-state index contributed by atoms with van der Waals surface area (Å²) in [6, 6.07) is 0. The first kappa shape index (κ1) is 47.0. The van der Waals surface area contributed by atoms with E-state index in [4.69, 9.17) is 24.3 Å². The van der Waals surface area contributed by atoms with Gasteiger partial charge in [-0.3, -0.25) is 18.6 Å². The van der Waals surface area contributed by atoms with E-state index in [0.717, 1.165) is 70.6 Å². The molecule has 0 aromatic heterocycles. The lowest BCUT2D eigenvalue weighted by molar-refractivity contribution is -0.161. The molecule has 0 rings (SSSR count). The second-order valence-electron chi connectivity index (χ2n) is 12.4. The van der Waals surface area contributed by atoms with Crippen molar-refractivity contribution in [1.82, 2.24) is 0 Å². The lowest BCUT2D eigenvalue weighted by Crippen LogP contribution is -2.29. The van der Waals surface area contributed by atoms with Crippen LogP contribution in [0.2, 0.25) is 0 Å². The van der Waals surface area contributed by atoms with Gasteiger partial charge < -0.3 is 20.1 Å². The number of rotatable bonds is 35. The molecule has 49 heavy (non-hydrogen) atoms. The minimum Gasteiger partial charge on any atom is -0.462 e. The zero-order chi connectivity index (χ0) is 36.1.